The van der Waals surface area contributed by atoms with Crippen LogP contribution in [0.15, 0.2) is 61.1 Å². The van der Waals surface area contributed by atoms with Crippen LogP contribution in [0, 0.1) is 0 Å². The van der Waals surface area contributed by atoms with Crippen molar-refractivity contribution in [2.75, 3.05) is 32.7 Å². The van der Waals surface area contributed by atoms with Crippen LogP contribution in [0.4, 0.5) is 0 Å². The molecule has 132 valence electrons. The molecule has 1 aromatic carbocycles. The van der Waals surface area contributed by atoms with Crippen molar-refractivity contribution in [2.24, 2.45) is 0 Å². The van der Waals surface area contributed by atoms with Crippen LogP contribution in [0.1, 0.15) is 15.9 Å². The van der Waals surface area contributed by atoms with Crippen molar-refractivity contribution in [2.45, 2.75) is 6.42 Å². The van der Waals surface area contributed by atoms with Gasteiger partial charge < -0.3 is 4.90 Å². The van der Waals surface area contributed by atoms with Crippen molar-refractivity contribution < 1.29 is 4.79 Å². The minimum Gasteiger partial charge on any atom is -0.336 e. The third-order valence-electron chi connectivity index (χ3n) is 4.96. The standard InChI is InChI=1S/C21H22N4O/c26-21(19-15-18-3-1-2-4-20(18)23-16-19)25-13-11-24(12-14-25)10-7-17-5-8-22-9-6-17/h1-6,8-9,15-16H,7,10-14H2. The van der Waals surface area contributed by atoms with Gasteiger partial charge in [0.2, 0.25) is 0 Å². The van der Waals surface area contributed by atoms with E-state index in [1.54, 1.807) is 6.20 Å². The van der Waals surface area contributed by atoms with Gasteiger partial charge in [0.25, 0.3) is 5.91 Å². The topological polar surface area (TPSA) is 49.3 Å². The summed E-state index contributed by atoms with van der Waals surface area (Å²) in [5.74, 6) is 0.0806. The smallest absolute Gasteiger partial charge is 0.255 e. The zero-order valence-corrected chi connectivity index (χ0v) is 14.7. The molecule has 0 N–H and O–H groups in total. The second-order valence-electron chi connectivity index (χ2n) is 6.66. The van der Waals surface area contributed by atoms with Crippen LogP contribution >= 0.6 is 0 Å². The predicted octanol–water partition coefficient (Wildman–Crippen LogP) is 2.63. The summed E-state index contributed by atoms with van der Waals surface area (Å²) >= 11 is 0. The van der Waals surface area contributed by atoms with Crippen molar-refractivity contribution in [3.05, 3.63) is 72.2 Å². The van der Waals surface area contributed by atoms with Gasteiger partial charge in [-0.2, -0.15) is 0 Å². The molecule has 1 saturated heterocycles. The van der Waals surface area contributed by atoms with Gasteiger partial charge in [0, 0.05) is 56.7 Å². The first-order valence-electron chi connectivity index (χ1n) is 9.05. The monoisotopic (exact) mass is 346 g/mol. The van der Waals surface area contributed by atoms with Gasteiger partial charge in [-0.1, -0.05) is 18.2 Å². The van der Waals surface area contributed by atoms with Crippen molar-refractivity contribution in [1.82, 2.24) is 19.8 Å². The molecule has 4 rings (SSSR count). The SMILES string of the molecule is O=C(c1cnc2ccccc2c1)N1CCN(CCc2ccncc2)CC1. The fourth-order valence-electron chi connectivity index (χ4n) is 3.38. The fraction of sp³-hybridized carbons (Fsp3) is 0.286. The average molecular weight is 346 g/mol. The maximum atomic E-state index is 12.8. The number of hydrogen-bond acceptors (Lipinski definition) is 4. The maximum absolute atomic E-state index is 12.8. The van der Waals surface area contributed by atoms with Crippen molar-refractivity contribution in [1.29, 1.82) is 0 Å². The Balaban J connectivity index is 1.34. The van der Waals surface area contributed by atoms with Crippen LogP contribution in [0.25, 0.3) is 10.9 Å². The first-order valence-corrected chi connectivity index (χ1v) is 9.05. The van der Waals surface area contributed by atoms with Gasteiger partial charge in [-0.05, 0) is 36.2 Å². The molecule has 0 saturated carbocycles. The van der Waals surface area contributed by atoms with E-state index in [0.29, 0.717) is 5.56 Å². The highest BCUT2D eigenvalue weighted by atomic mass is 16.2. The molecule has 3 aromatic rings. The van der Waals surface area contributed by atoms with Crippen LogP contribution in [0.3, 0.4) is 0 Å². The predicted molar refractivity (Wildman–Crippen MR) is 102 cm³/mol. The summed E-state index contributed by atoms with van der Waals surface area (Å²) in [6.45, 7) is 4.38. The van der Waals surface area contributed by atoms with Crippen molar-refractivity contribution in [3.63, 3.8) is 0 Å². The minimum atomic E-state index is 0.0806. The van der Waals surface area contributed by atoms with E-state index in [1.165, 1.54) is 5.56 Å². The van der Waals surface area contributed by atoms with E-state index in [4.69, 9.17) is 0 Å². The zero-order chi connectivity index (χ0) is 17.8. The van der Waals surface area contributed by atoms with Crippen LogP contribution in [-0.2, 0) is 6.42 Å². The number of benzene rings is 1. The highest BCUT2D eigenvalue weighted by Crippen LogP contribution is 2.15. The summed E-state index contributed by atoms with van der Waals surface area (Å²) in [5, 5.41) is 1.01. The molecule has 1 fully saturated rings. The number of hydrogen-bond donors (Lipinski definition) is 0. The summed E-state index contributed by atoms with van der Waals surface area (Å²) in [4.78, 5) is 25.6. The molecule has 0 spiro atoms. The second kappa shape index (κ2) is 7.62. The highest BCUT2D eigenvalue weighted by molar-refractivity contribution is 5.97. The Morgan fingerprint density at radius 2 is 1.77 bits per heavy atom. The molecule has 5 nitrogen and oxygen atoms in total. The molecule has 1 amide bonds. The zero-order valence-electron chi connectivity index (χ0n) is 14.7. The summed E-state index contributed by atoms with van der Waals surface area (Å²) in [6.07, 6.45) is 6.39. The Hall–Kier alpha value is -2.79. The lowest BCUT2D eigenvalue weighted by Gasteiger charge is -2.34. The van der Waals surface area contributed by atoms with E-state index in [0.717, 1.165) is 50.0 Å². The van der Waals surface area contributed by atoms with Gasteiger partial charge in [0.15, 0.2) is 0 Å². The molecule has 5 heteroatoms. The third kappa shape index (κ3) is 3.73. The number of piperazine rings is 1. The van der Waals surface area contributed by atoms with E-state index in [-0.39, 0.29) is 5.91 Å². The molecule has 0 unspecified atom stereocenters. The molecule has 0 radical (unpaired) electrons. The molecule has 2 aromatic heterocycles. The molecular weight excluding hydrogens is 324 g/mol. The van der Waals surface area contributed by atoms with Crippen LogP contribution in [0.5, 0.6) is 0 Å². The van der Waals surface area contributed by atoms with Crippen LogP contribution < -0.4 is 0 Å². The Morgan fingerprint density at radius 3 is 2.58 bits per heavy atom. The number of nitrogens with zero attached hydrogens (tertiary/aromatic N) is 4. The second-order valence-corrected chi connectivity index (χ2v) is 6.66. The largest absolute Gasteiger partial charge is 0.336 e. The van der Waals surface area contributed by atoms with E-state index < -0.39 is 0 Å². The Morgan fingerprint density at radius 1 is 1.00 bits per heavy atom. The molecule has 26 heavy (non-hydrogen) atoms. The first kappa shape index (κ1) is 16.7. The lowest BCUT2D eigenvalue weighted by atomic mass is 10.1. The molecule has 1 aliphatic heterocycles. The van der Waals surface area contributed by atoms with Gasteiger partial charge in [0.05, 0.1) is 11.1 Å². The van der Waals surface area contributed by atoms with Crippen LogP contribution in [-0.4, -0.2) is 58.4 Å². The van der Waals surface area contributed by atoms with E-state index >= 15 is 0 Å². The molecule has 3 heterocycles. The molecule has 0 aliphatic carbocycles. The number of carbonyl (C=O) groups excluding carboxylic acids is 1. The van der Waals surface area contributed by atoms with Gasteiger partial charge in [-0.25, -0.2) is 0 Å². The number of pyridine rings is 2. The first-order chi connectivity index (χ1) is 12.8. The number of amides is 1. The minimum absolute atomic E-state index is 0.0806. The quantitative estimate of drug-likeness (QED) is 0.729. The molecular formula is C21H22N4O. The Kier molecular flexibility index (Phi) is 4.88. The molecule has 0 atom stereocenters. The number of para-hydroxylation sites is 1. The molecule has 1 aliphatic rings. The van der Waals surface area contributed by atoms with Gasteiger partial charge in [0.1, 0.15) is 0 Å². The summed E-state index contributed by atoms with van der Waals surface area (Å²) in [6, 6.07) is 14.0. The Bertz CT molecular complexity index is 889. The van der Waals surface area contributed by atoms with E-state index in [2.05, 4.69) is 27.0 Å². The fourth-order valence-corrected chi connectivity index (χ4v) is 3.38. The average Bonchev–Trinajstić information content (AvgIpc) is 2.72. The van der Waals surface area contributed by atoms with Gasteiger partial charge in [-0.3, -0.25) is 19.7 Å². The number of carbonyl (C=O) groups is 1. The lowest BCUT2D eigenvalue weighted by molar-refractivity contribution is 0.0638. The number of rotatable bonds is 4. The maximum Gasteiger partial charge on any atom is 0.255 e. The van der Waals surface area contributed by atoms with Crippen LogP contribution in [0.2, 0.25) is 0 Å². The van der Waals surface area contributed by atoms with Gasteiger partial charge in [-0.15, -0.1) is 0 Å². The Labute approximate surface area is 153 Å². The summed E-state index contributed by atoms with van der Waals surface area (Å²) in [5.41, 5.74) is 2.90. The van der Waals surface area contributed by atoms with Crippen molar-refractivity contribution in [3.8, 4) is 0 Å². The molecule has 0 bridgehead atoms. The number of aromatic nitrogens is 2. The lowest BCUT2D eigenvalue weighted by Crippen LogP contribution is -2.49. The highest BCUT2D eigenvalue weighted by Gasteiger charge is 2.22. The summed E-state index contributed by atoms with van der Waals surface area (Å²) < 4.78 is 0. The summed E-state index contributed by atoms with van der Waals surface area (Å²) in [7, 11) is 0. The normalized spacial score (nSPS) is 15.3. The van der Waals surface area contributed by atoms with Gasteiger partial charge >= 0.3 is 0 Å². The third-order valence-corrected chi connectivity index (χ3v) is 4.96. The van der Waals surface area contributed by atoms with E-state index in [1.807, 2.05) is 47.6 Å². The van der Waals surface area contributed by atoms with Crippen molar-refractivity contribution >= 4 is 16.8 Å². The number of fused-ring (bicyclic) bond motifs is 1. The van der Waals surface area contributed by atoms with E-state index in [9.17, 15) is 4.79 Å².